The molecule has 0 saturated carbocycles. The fourth-order valence-electron chi connectivity index (χ4n) is 1.09. The highest BCUT2D eigenvalue weighted by molar-refractivity contribution is 7.10. The van der Waals surface area contributed by atoms with Crippen LogP contribution >= 0.6 is 9.47 Å². The molecule has 0 saturated heterocycles. The van der Waals surface area contributed by atoms with Gasteiger partial charge in [0.1, 0.15) is 0 Å². The zero-order chi connectivity index (χ0) is 9.84. The number of nitrogens with two attached hydrogens (primary N) is 1. The third-order valence-electron chi connectivity index (χ3n) is 1.70. The lowest BCUT2D eigenvalue weighted by atomic mass is 10.1. The van der Waals surface area contributed by atoms with Crippen molar-refractivity contribution in [2.24, 2.45) is 11.7 Å². The quantitative estimate of drug-likeness (QED) is 0.644. The van der Waals surface area contributed by atoms with Crippen LogP contribution in [-0.4, -0.2) is 5.97 Å². The Morgan fingerprint density at radius 2 is 2.38 bits per heavy atom. The van der Waals surface area contributed by atoms with Crippen LogP contribution < -0.4 is 5.73 Å². The number of allylic oxidation sites excluding steroid dienone is 3. The molecule has 0 spiro atoms. The maximum atomic E-state index is 11.1. The standard InChI is InChI=1S/C9H12NO2P/c1-6-2-3-7(9(11)12-13)5-8(10)4-6/h2-6H,10,13H2,1H3. The van der Waals surface area contributed by atoms with Gasteiger partial charge in [-0.2, -0.15) is 0 Å². The second kappa shape index (κ2) is 4.24. The molecule has 70 valence electrons. The lowest BCUT2D eigenvalue weighted by Gasteiger charge is -1.97. The van der Waals surface area contributed by atoms with Crippen molar-refractivity contribution in [1.29, 1.82) is 0 Å². The van der Waals surface area contributed by atoms with E-state index in [1.165, 1.54) is 0 Å². The zero-order valence-corrected chi connectivity index (χ0v) is 8.51. The summed E-state index contributed by atoms with van der Waals surface area (Å²) in [6, 6.07) is 0. The Hall–Kier alpha value is -1.08. The van der Waals surface area contributed by atoms with E-state index in [1.54, 1.807) is 12.2 Å². The highest BCUT2D eigenvalue weighted by Gasteiger charge is 2.09. The van der Waals surface area contributed by atoms with Crippen LogP contribution in [0.3, 0.4) is 0 Å². The molecule has 3 nitrogen and oxygen atoms in total. The van der Waals surface area contributed by atoms with E-state index >= 15 is 0 Å². The molecule has 0 bridgehead atoms. The van der Waals surface area contributed by atoms with Gasteiger partial charge >= 0.3 is 5.97 Å². The topological polar surface area (TPSA) is 52.3 Å². The van der Waals surface area contributed by atoms with Crippen molar-refractivity contribution in [2.75, 3.05) is 0 Å². The van der Waals surface area contributed by atoms with Crippen LogP contribution in [0.2, 0.25) is 0 Å². The molecule has 0 amide bonds. The Balaban J connectivity index is 2.93. The molecule has 0 radical (unpaired) electrons. The van der Waals surface area contributed by atoms with Crippen molar-refractivity contribution in [3.8, 4) is 0 Å². The average Bonchev–Trinajstić information content (AvgIpc) is 2.25. The molecule has 0 aromatic rings. The molecule has 0 heterocycles. The average molecular weight is 197 g/mol. The van der Waals surface area contributed by atoms with E-state index in [1.807, 2.05) is 28.5 Å². The third-order valence-corrected chi connectivity index (χ3v) is 1.91. The van der Waals surface area contributed by atoms with Gasteiger partial charge < -0.3 is 10.3 Å². The summed E-state index contributed by atoms with van der Waals surface area (Å²) in [5.74, 6) is -0.155. The summed E-state index contributed by atoms with van der Waals surface area (Å²) >= 11 is 0. The number of carbonyl (C=O) groups excluding carboxylic acids is 1. The predicted molar refractivity (Wildman–Crippen MR) is 54.5 cm³/mol. The van der Waals surface area contributed by atoms with Gasteiger partial charge in [0.25, 0.3) is 0 Å². The molecule has 0 fully saturated rings. The van der Waals surface area contributed by atoms with E-state index in [-0.39, 0.29) is 5.92 Å². The van der Waals surface area contributed by atoms with Crippen molar-refractivity contribution in [3.05, 3.63) is 35.6 Å². The van der Waals surface area contributed by atoms with Gasteiger partial charge in [0, 0.05) is 5.70 Å². The van der Waals surface area contributed by atoms with Gasteiger partial charge in [-0.3, -0.25) is 0 Å². The molecule has 2 N–H and O–H groups in total. The van der Waals surface area contributed by atoms with Crippen LogP contribution in [0.4, 0.5) is 0 Å². The lowest BCUT2D eigenvalue weighted by Crippen LogP contribution is -2.01. The minimum absolute atomic E-state index is 0.242. The van der Waals surface area contributed by atoms with Gasteiger partial charge in [-0.25, -0.2) is 4.79 Å². The molecule has 1 aliphatic carbocycles. The summed E-state index contributed by atoms with van der Waals surface area (Å²) in [4.78, 5) is 11.1. The molecule has 4 heteroatoms. The van der Waals surface area contributed by atoms with Gasteiger partial charge in [-0.15, -0.1) is 0 Å². The zero-order valence-electron chi connectivity index (χ0n) is 7.36. The van der Waals surface area contributed by atoms with Gasteiger partial charge in [-0.1, -0.05) is 25.2 Å². The summed E-state index contributed by atoms with van der Waals surface area (Å²) in [6.45, 7) is 1.99. The highest BCUT2D eigenvalue weighted by atomic mass is 31.0. The normalized spacial score (nSPS) is 21.5. The molecule has 0 aromatic heterocycles. The Labute approximate surface area is 79.6 Å². The SMILES string of the molecule is CC1C=CC(C(=O)OP)=CC(N)=C1. The number of hydrogen-bond acceptors (Lipinski definition) is 3. The summed E-state index contributed by atoms with van der Waals surface area (Å²) < 4.78 is 4.50. The van der Waals surface area contributed by atoms with Crippen LogP contribution in [0.5, 0.6) is 0 Å². The van der Waals surface area contributed by atoms with Crippen molar-refractivity contribution in [3.63, 3.8) is 0 Å². The van der Waals surface area contributed by atoms with E-state index in [9.17, 15) is 4.79 Å². The Bertz CT molecular complexity index is 305. The Morgan fingerprint density at radius 3 is 3.00 bits per heavy atom. The molecule has 0 aliphatic heterocycles. The lowest BCUT2D eigenvalue weighted by molar-refractivity contribution is -0.128. The van der Waals surface area contributed by atoms with Crippen molar-refractivity contribution < 1.29 is 9.32 Å². The fraction of sp³-hybridized carbons (Fsp3) is 0.222. The first-order valence-electron chi connectivity index (χ1n) is 3.91. The van der Waals surface area contributed by atoms with E-state index in [0.29, 0.717) is 11.3 Å². The maximum absolute atomic E-state index is 11.1. The van der Waals surface area contributed by atoms with Gasteiger partial charge in [0.2, 0.25) is 0 Å². The Morgan fingerprint density at radius 1 is 1.69 bits per heavy atom. The predicted octanol–water partition coefficient (Wildman–Crippen LogP) is 1.29. The molecule has 2 atom stereocenters. The maximum Gasteiger partial charge on any atom is 0.340 e. The fourth-order valence-corrected chi connectivity index (χ4v) is 1.22. The molecule has 0 aromatic carbocycles. The van der Waals surface area contributed by atoms with Crippen LogP contribution in [0.1, 0.15) is 6.92 Å². The second-order valence-electron chi connectivity index (χ2n) is 2.89. The molecular formula is C9H12NO2P. The third kappa shape index (κ3) is 2.71. The first-order chi connectivity index (χ1) is 6.13. The monoisotopic (exact) mass is 197 g/mol. The smallest absolute Gasteiger partial charge is 0.340 e. The van der Waals surface area contributed by atoms with Gasteiger partial charge in [-0.05, 0) is 12.0 Å². The summed E-state index contributed by atoms with van der Waals surface area (Å²) in [7, 11) is 1.92. The van der Waals surface area contributed by atoms with Crippen molar-refractivity contribution in [1.82, 2.24) is 0 Å². The molecule has 1 aliphatic rings. The summed E-state index contributed by atoms with van der Waals surface area (Å²) in [5.41, 5.74) is 6.69. The highest BCUT2D eigenvalue weighted by Crippen LogP contribution is 2.14. The van der Waals surface area contributed by atoms with E-state index in [2.05, 4.69) is 4.52 Å². The summed E-state index contributed by atoms with van der Waals surface area (Å²) in [6.07, 6.45) is 7.09. The summed E-state index contributed by atoms with van der Waals surface area (Å²) in [5, 5.41) is 0. The van der Waals surface area contributed by atoms with Crippen LogP contribution in [0.25, 0.3) is 0 Å². The van der Waals surface area contributed by atoms with Crippen LogP contribution in [0.15, 0.2) is 35.6 Å². The number of hydrogen-bond donors (Lipinski definition) is 1. The first-order valence-corrected chi connectivity index (χ1v) is 4.39. The van der Waals surface area contributed by atoms with E-state index < -0.39 is 5.97 Å². The molecular weight excluding hydrogens is 185 g/mol. The Kier molecular flexibility index (Phi) is 3.26. The van der Waals surface area contributed by atoms with E-state index in [4.69, 9.17) is 5.73 Å². The second-order valence-corrected chi connectivity index (χ2v) is 3.13. The van der Waals surface area contributed by atoms with Crippen molar-refractivity contribution in [2.45, 2.75) is 6.92 Å². The molecule has 2 unspecified atom stereocenters. The number of carbonyl (C=O) groups is 1. The van der Waals surface area contributed by atoms with Gasteiger partial charge in [0.05, 0.1) is 15.0 Å². The number of rotatable bonds is 1. The van der Waals surface area contributed by atoms with E-state index in [0.717, 1.165) is 0 Å². The molecule has 13 heavy (non-hydrogen) atoms. The van der Waals surface area contributed by atoms with Crippen LogP contribution in [0, 0.1) is 5.92 Å². The minimum atomic E-state index is -0.397. The molecule has 1 rings (SSSR count). The largest absolute Gasteiger partial charge is 0.448 e. The van der Waals surface area contributed by atoms with Gasteiger partial charge in [0.15, 0.2) is 0 Å². The van der Waals surface area contributed by atoms with Crippen LogP contribution in [-0.2, 0) is 9.32 Å². The first kappa shape index (κ1) is 10.0. The van der Waals surface area contributed by atoms with Crippen molar-refractivity contribution >= 4 is 15.4 Å². The minimum Gasteiger partial charge on any atom is -0.448 e.